The largest absolute Gasteiger partial charge is 0.490 e. The molecule has 0 radical (unpaired) electrons. The van der Waals surface area contributed by atoms with Gasteiger partial charge in [-0.2, -0.15) is 10.2 Å². The number of ether oxygens (including phenoxy) is 1. The average molecular weight is 522 g/mol. The molecule has 3 aliphatic rings. The minimum absolute atomic E-state index is 0.0857. The second kappa shape index (κ2) is 11.5. The lowest BCUT2D eigenvalue weighted by Crippen LogP contribution is -2.39. The molecule has 5 rings (SSSR count). The topological polar surface area (TPSA) is 95.5 Å². The van der Waals surface area contributed by atoms with E-state index in [0.717, 1.165) is 68.6 Å². The van der Waals surface area contributed by atoms with Crippen LogP contribution in [0.15, 0.2) is 28.8 Å². The zero-order chi connectivity index (χ0) is 26.6. The lowest BCUT2D eigenvalue weighted by atomic mass is 9.85. The van der Waals surface area contributed by atoms with Crippen molar-refractivity contribution in [3.05, 3.63) is 41.5 Å². The summed E-state index contributed by atoms with van der Waals surface area (Å²) in [4.78, 5) is 21.2. The van der Waals surface area contributed by atoms with E-state index in [1.165, 1.54) is 0 Å². The minimum atomic E-state index is -0.361. The van der Waals surface area contributed by atoms with Crippen LogP contribution in [0, 0.1) is 29.0 Å². The van der Waals surface area contributed by atoms with Gasteiger partial charge < -0.3 is 19.1 Å². The number of hydrogen-bond donors (Lipinski definition) is 0. The number of anilines is 1. The van der Waals surface area contributed by atoms with Crippen LogP contribution in [0.25, 0.3) is 5.57 Å². The van der Waals surface area contributed by atoms with E-state index in [1.54, 1.807) is 17.0 Å². The molecule has 1 aliphatic carbocycles. The van der Waals surface area contributed by atoms with Crippen molar-refractivity contribution >= 4 is 17.5 Å². The minimum Gasteiger partial charge on any atom is -0.490 e. The number of carbonyl (C=O) groups is 1. The molecule has 0 bridgehead atoms. The van der Waals surface area contributed by atoms with E-state index in [9.17, 15) is 14.4 Å². The Morgan fingerprint density at radius 3 is 2.71 bits per heavy atom. The van der Waals surface area contributed by atoms with Crippen molar-refractivity contribution in [1.29, 1.82) is 5.26 Å². The summed E-state index contributed by atoms with van der Waals surface area (Å²) >= 11 is 0. The van der Waals surface area contributed by atoms with Gasteiger partial charge >= 0.3 is 6.01 Å². The predicted octanol–water partition coefficient (Wildman–Crippen LogP) is 5.33. The Kier molecular flexibility index (Phi) is 7.96. The van der Waals surface area contributed by atoms with Crippen molar-refractivity contribution in [1.82, 2.24) is 15.0 Å². The fourth-order valence-electron chi connectivity index (χ4n) is 5.63. The lowest BCUT2D eigenvalue weighted by molar-refractivity contribution is -0.135. The zero-order valence-electron chi connectivity index (χ0n) is 22.2. The summed E-state index contributed by atoms with van der Waals surface area (Å²) < 4.78 is 26.2. The van der Waals surface area contributed by atoms with Crippen LogP contribution in [0.2, 0.25) is 0 Å². The van der Waals surface area contributed by atoms with Gasteiger partial charge in [0.1, 0.15) is 6.04 Å². The number of nitriles is 1. The first kappa shape index (κ1) is 26.2. The molecule has 1 unspecified atom stereocenters. The third kappa shape index (κ3) is 5.69. The molecule has 9 heteroatoms. The maximum atomic E-state index is 14.9. The molecule has 0 N–H and O–H groups in total. The fourth-order valence-corrected chi connectivity index (χ4v) is 5.63. The molecule has 2 aromatic rings. The number of nitrogens with zero attached hydrogens (tertiary/aromatic N) is 5. The van der Waals surface area contributed by atoms with Gasteiger partial charge in [-0.15, -0.1) is 0 Å². The first-order valence-corrected chi connectivity index (χ1v) is 13.8. The second-order valence-electron chi connectivity index (χ2n) is 11.0. The van der Waals surface area contributed by atoms with E-state index in [1.807, 2.05) is 19.9 Å². The maximum absolute atomic E-state index is 14.9. The first-order valence-electron chi connectivity index (χ1n) is 13.8. The molecule has 2 saturated heterocycles. The highest BCUT2D eigenvalue weighted by atomic mass is 19.1. The summed E-state index contributed by atoms with van der Waals surface area (Å²) in [6, 6.07) is 7.70. The Hall–Kier alpha value is -3.41. The van der Waals surface area contributed by atoms with Crippen LogP contribution in [0.4, 0.5) is 10.4 Å². The SMILES string of the molecule is CC(C)c1noc(N2CCC(COc3ccc(C4=CCC(C(=O)N5CCC[C@H]5C#N)CC4)cc3F)CC2)n1. The molecule has 202 valence electrons. The number of aromatic nitrogens is 2. The van der Waals surface area contributed by atoms with E-state index < -0.39 is 0 Å². The van der Waals surface area contributed by atoms with E-state index in [-0.39, 0.29) is 35.4 Å². The summed E-state index contributed by atoms with van der Waals surface area (Å²) in [5, 5.41) is 13.3. The molecule has 1 aromatic heterocycles. The van der Waals surface area contributed by atoms with Crippen LogP contribution in [-0.4, -0.2) is 53.2 Å². The highest BCUT2D eigenvalue weighted by Crippen LogP contribution is 2.34. The van der Waals surface area contributed by atoms with Crippen molar-refractivity contribution in [2.45, 2.75) is 70.8 Å². The van der Waals surface area contributed by atoms with Gasteiger partial charge in [0.25, 0.3) is 0 Å². The van der Waals surface area contributed by atoms with Crippen molar-refractivity contribution in [2.24, 2.45) is 11.8 Å². The third-order valence-corrected chi connectivity index (χ3v) is 8.05. The number of benzene rings is 1. The zero-order valence-corrected chi connectivity index (χ0v) is 22.2. The Labute approximate surface area is 223 Å². The van der Waals surface area contributed by atoms with Crippen LogP contribution >= 0.6 is 0 Å². The van der Waals surface area contributed by atoms with Crippen LogP contribution in [0.1, 0.15) is 76.1 Å². The number of hydrogen-bond acceptors (Lipinski definition) is 7. The van der Waals surface area contributed by atoms with Gasteiger partial charge in [-0.3, -0.25) is 4.79 Å². The van der Waals surface area contributed by atoms with Gasteiger partial charge in [-0.25, -0.2) is 4.39 Å². The maximum Gasteiger partial charge on any atom is 0.324 e. The summed E-state index contributed by atoms with van der Waals surface area (Å²) in [5.74, 6) is 1.19. The van der Waals surface area contributed by atoms with E-state index >= 15 is 0 Å². The molecule has 0 saturated carbocycles. The molecule has 0 spiro atoms. The number of rotatable bonds is 7. The molecule has 1 amide bonds. The molecule has 2 fully saturated rings. The molecule has 38 heavy (non-hydrogen) atoms. The van der Waals surface area contributed by atoms with E-state index in [4.69, 9.17) is 9.26 Å². The van der Waals surface area contributed by atoms with Gasteiger partial charge in [-0.1, -0.05) is 31.1 Å². The van der Waals surface area contributed by atoms with Gasteiger partial charge in [-0.05, 0) is 74.1 Å². The normalized spacial score (nSPS) is 22.4. The Bertz CT molecular complexity index is 1210. The quantitative estimate of drug-likeness (QED) is 0.486. The van der Waals surface area contributed by atoms with E-state index in [0.29, 0.717) is 31.5 Å². The van der Waals surface area contributed by atoms with Crippen LogP contribution in [0.3, 0.4) is 0 Å². The third-order valence-electron chi connectivity index (χ3n) is 8.05. The molecule has 1 aromatic carbocycles. The van der Waals surface area contributed by atoms with Gasteiger partial charge in [0.15, 0.2) is 17.4 Å². The summed E-state index contributed by atoms with van der Waals surface area (Å²) in [6.45, 7) is 6.83. The molecule has 8 nitrogen and oxygen atoms in total. The van der Waals surface area contributed by atoms with Crippen LogP contribution in [0.5, 0.6) is 5.75 Å². The number of allylic oxidation sites excluding steroid dienone is 2. The number of likely N-dealkylation sites (tertiary alicyclic amines) is 1. The van der Waals surface area contributed by atoms with Crippen LogP contribution in [-0.2, 0) is 4.79 Å². The van der Waals surface area contributed by atoms with Gasteiger partial charge in [0.2, 0.25) is 5.91 Å². The smallest absolute Gasteiger partial charge is 0.324 e. The monoisotopic (exact) mass is 521 g/mol. The summed E-state index contributed by atoms with van der Waals surface area (Å²) in [7, 11) is 0. The summed E-state index contributed by atoms with van der Waals surface area (Å²) in [5.41, 5.74) is 1.90. The molecular weight excluding hydrogens is 485 g/mol. The number of piperidine rings is 1. The van der Waals surface area contributed by atoms with Crippen LogP contribution < -0.4 is 9.64 Å². The van der Waals surface area contributed by atoms with E-state index in [2.05, 4.69) is 27.2 Å². The van der Waals surface area contributed by atoms with Crippen molar-refractivity contribution in [3.8, 4) is 11.8 Å². The molecule has 3 heterocycles. The highest BCUT2D eigenvalue weighted by molar-refractivity contribution is 5.81. The average Bonchev–Trinajstić information content (AvgIpc) is 3.63. The first-order chi connectivity index (χ1) is 18.4. The Morgan fingerprint density at radius 1 is 1.24 bits per heavy atom. The Balaban J connectivity index is 1.11. The van der Waals surface area contributed by atoms with Crippen molar-refractivity contribution in [2.75, 3.05) is 31.1 Å². The Morgan fingerprint density at radius 2 is 2.05 bits per heavy atom. The number of amides is 1. The number of halogens is 1. The number of carbonyl (C=O) groups excluding carboxylic acids is 1. The predicted molar refractivity (Wildman–Crippen MR) is 141 cm³/mol. The fraction of sp³-hybridized carbons (Fsp3) is 0.586. The van der Waals surface area contributed by atoms with Gasteiger partial charge in [0, 0.05) is 31.5 Å². The molecule has 2 aliphatic heterocycles. The van der Waals surface area contributed by atoms with Crippen molar-refractivity contribution in [3.63, 3.8) is 0 Å². The van der Waals surface area contributed by atoms with Crippen molar-refractivity contribution < 1.29 is 18.4 Å². The molecular formula is C29H36FN5O3. The summed E-state index contributed by atoms with van der Waals surface area (Å²) in [6.07, 6.45) is 7.62. The lowest BCUT2D eigenvalue weighted by Gasteiger charge is -2.30. The highest BCUT2D eigenvalue weighted by Gasteiger charge is 2.33. The van der Waals surface area contributed by atoms with Gasteiger partial charge in [0.05, 0.1) is 12.7 Å². The standard InChI is InChI=1S/C29H36FN5O3/c1-19(2)27-32-29(38-33-27)34-14-11-20(12-15-34)18-37-26-10-9-23(16-25(26)30)21-5-7-22(8-6-21)28(36)35-13-3-4-24(35)17-31/h5,9-10,16,19-20,22,24H,3-4,6-8,11-15,18H2,1-2H3/t22?,24-/m0/s1. The molecule has 2 atom stereocenters. The second-order valence-corrected chi connectivity index (χ2v) is 11.0.